The van der Waals surface area contributed by atoms with Crippen molar-refractivity contribution < 1.29 is 19.5 Å². The Labute approximate surface area is 104 Å². The lowest BCUT2D eigenvalue weighted by Gasteiger charge is -2.19. The van der Waals surface area contributed by atoms with Crippen LogP contribution in [0.3, 0.4) is 0 Å². The van der Waals surface area contributed by atoms with Crippen LogP contribution in [0.4, 0.5) is 21.0 Å². The second kappa shape index (κ2) is 4.87. The van der Waals surface area contributed by atoms with Crippen LogP contribution < -0.4 is 33.2 Å². The molecule has 98 valence electrons. The number of primary amides is 2. The molecular weight excluding hydrogens is 264 g/mol. The predicted octanol–water partition coefficient (Wildman–Crippen LogP) is -1.04. The highest BCUT2D eigenvalue weighted by Gasteiger charge is 2.27. The van der Waals surface area contributed by atoms with Crippen LogP contribution in [0.1, 0.15) is 9.67 Å². The number of nitrogens with zero attached hydrogens (tertiary/aromatic N) is 2. The van der Waals surface area contributed by atoms with E-state index in [9.17, 15) is 14.4 Å². The zero-order valence-electron chi connectivity index (χ0n) is 8.86. The molecule has 0 aromatic carbocycles. The molecule has 0 aliphatic heterocycles. The number of aromatic carboxylic acids is 1. The standard InChI is InChI=1S/C7H10N6O4S/c8-6(16)12(10)2-1-18-4(5(14)15)3(2)13(11)7(9)17/h1H,10-11H2,(H2,8,16)(H2,9,17)(H,14,15). The summed E-state index contributed by atoms with van der Waals surface area (Å²) in [5.41, 5.74) is 9.44. The third-order valence-electron chi connectivity index (χ3n) is 1.92. The highest BCUT2D eigenvalue weighted by molar-refractivity contribution is 7.13. The normalized spacial score (nSPS) is 9.89. The Morgan fingerprint density at radius 2 is 1.61 bits per heavy atom. The second-order valence-corrected chi connectivity index (χ2v) is 3.90. The maximum absolute atomic E-state index is 11.0. The number of carboxylic acid groups (broad SMARTS) is 1. The third kappa shape index (κ3) is 2.32. The average molecular weight is 274 g/mol. The van der Waals surface area contributed by atoms with Crippen molar-refractivity contribution in [3.8, 4) is 0 Å². The van der Waals surface area contributed by atoms with E-state index in [0.29, 0.717) is 10.0 Å². The van der Waals surface area contributed by atoms with Crippen LogP contribution in [0, 0.1) is 0 Å². The number of anilines is 2. The number of rotatable bonds is 3. The number of carbonyl (C=O) groups excluding carboxylic acids is 2. The number of hydrazine groups is 2. The van der Waals surface area contributed by atoms with E-state index in [0.717, 1.165) is 11.3 Å². The summed E-state index contributed by atoms with van der Waals surface area (Å²) in [6, 6.07) is -2.17. The van der Waals surface area contributed by atoms with Crippen molar-refractivity contribution in [2.24, 2.45) is 23.2 Å². The number of hydrogen-bond donors (Lipinski definition) is 5. The van der Waals surface area contributed by atoms with Gasteiger partial charge in [0.1, 0.15) is 10.6 Å². The Morgan fingerprint density at radius 3 is 2.00 bits per heavy atom. The maximum Gasteiger partial charge on any atom is 0.348 e. The number of hydrogen-bond acceptors (Lipinski definition) is 6. The van der Waals surface area contributed by atoms with E-state index in [1.807, 2.05) is 0 Å². The zero-order valence-corrected chi connectivity index (χ0v) is 9.68. The van der Waals surface area contributed by atoms with Gasteiger partial charge < -0.3 is 16.6 Å². The summed E-state index contributed by atoms with van der Waals surface area (Å²) in [6.45, 7) is 0. The van der Waals surface area contributed by atoms with Crippen LogP contribution in [0.2, 0.25) is 0 Å². The van der Waals surface area contributed by atoms with E-state index in [1.54, 1.807) is 0 Å². The lowest BCUT2D eigenvalue weighted by atomic mass is 10.3. The van der Waals surface area contributed by atoms with Crippen LogP contribution in [0.15, 0.2) is 5.38 Å². The molecule has 4 amide bonds. The summed E-state index contributed by atoms with van der Waals surface area (Å²) in [6.07, 6.45) is 0. The fourth-order valence-electron chi connectivity index (χ4n) is 1.13. The fourth-order valence-corrected chi connectivity index (χ4v) is 2.00. The number of carbonyl (C=O) groups is 3. The van der Waals surface area contributed by atoms with Crippen LogP contribution in [0.25, 0.3) is 0 Å². The summed E-state index contributed by atoms with van der Waals surface area (Å²) in [4.78, 5) is 32.6. The van der Waals surface area contributed by atoms with Crippen LogP contribution in [0.5, 0.6) is 0 Å². The van der Waals surface area contributed by atoms with Crippen molar-refractivity contribution in [3.05, 3.63) is 10.3 Å². The number of thiophene rings is 1. The Morgan fingerprint density at radius 1 is 1.11 bits per heavy atom. The lowest BCUT2D eigenvalue weighted by Crippen LogP contribution is -2.46. The quantitative estimate of drug-likeness (QED) is 0.266. The largest absolute Gasteiger partial charge is 0.477 e. The molecule has 0 fully saturated rings. The molecule has 0 saturated carbocycles. The van der Waals surface area contributed by atoms with Crippen molar-refractivity contribution in [1.82, 2.24) is 0 Å². The van der Waals surface area contributed by atoms with Crippen molar-refractivity contribution in [2.45, 2.75) is 0 Å². The van der Waals surface area contributed by atoms with Gasteiger partial charge in [-0.05, 0) is 0 Å². The van der Waals surface area contributed by atoms with Gasteiger partial charge in [-0.1, -0.05) is 0 Å². The Balaban J connectivity index is 3.41. The van der Waals surface area contributed by atoms with Crippen molar-refractivity contribution in [3.63, 3.8) is 0 Å². The molecule has 1 aromatic rings. The van der Waals surface area contributed by atoms with Gasteiger partial charge in [-0.15, -0.1) is 11.3 Å². The molecule has 0 radical (unpaired) electrons. The summed E-state index contributed by atoms with van der Waals surface area (Å²) in [5.74, 6) is 9.30. The first-order valence-electron chi connectivity index (χ1n) is 4.30. The third-order valence-corrected chi connectivity index (χ3v) is 2.86. The van der Waals surface area contributed by atoms with Crippen LogP contribution in [-0.2, 0) is 0 Å². The summed E-state index contributed by atoms with van der Waals surface area (Å²) >= 11 is 0.717. The number of amides is 4. The molecule has 0 aliphatic rings. The first kappa shape index (κ1) is 13.7. The van der Waals surface area contributed by atoms with E-state index in [2.05, 4.69) is 0 Å². The monoisotopic (exact) mass is 274 g/mol. The first-order chi connectivity index (χ1) is 8.27. The minimum absolute atomic E-state index is 0.133. The first-order valence-corrected chi connectivity index (χ1v) is 5.18. The smallest absolute Gasteiger partial charge is 0.348 e. The molecule has 0 unspecified atom stereocenters. The van der Waals surface area contributed by atoms with Gasteiger partial charge in [0.15, 0.2) is 0 Å². The molecule has 9 N–H and O–H groups in total. The molecule has 0 atom stereocenters. The van der Waals surface area contributed by atoms with E-state index < -0.39 is 18.0 Å². The van der Waals surface area contributed by atoms with Gasteiger partial charge in [0.25, 0.3) is 0 Å². The molecule has 0 spiro atoms. The number of nitrogens with two attached hydrogens (primary N) is 4. The van der Waals surface area contributed by atoms with Gasteiger partial charge in [-0.3, -0.25) is 0 Å². The minimum Gasteiger partial charge on any atom is -0.477 e. The van der Waals surface area contributed by atoms with Crippen LogP contribution >= 0.6 is 11.3 Å². The SMILES string of the molecule is NC(=O)N(N)c1csc(C(=O)O)c1N(N)C(N)=O. The van der Waals surface area contributed by atoms with Crippen molar-refractivity contribution in [1.29, 1.82) is 0 Å². The molecular formula is C7H10N6O4S. The highest BCUT2D eigenvalue weighted by atomic mass is 32.1. The van der Waals surface area contributed by atoms with Gasteiger partial charge >= 0.3 is 18.0 Å². The molecule has 18 heavy (non-hydrogen) atoms. The maximum atomic E-state index is 11.0. The molecule has 0 saturated heterocycles. The molecule has 0 bridgehead atoms. The van der Waals surface area contributed by atoms with Gasteiger partial charge in [0.2, 0.25) is 0 Å². The second-order valence-electron chi connectivity index (χ2n) is 3.02. The van der Waals surface area contributed by atoms with Crippen molar-refractivity contribution >= 4 is 40.7 Å². The molecule has 0 aliphatic carbocycles. The topological polar surface area (TPSA) is 182 Å². The summed E-state index contributed by atoms with van der Waals surface area (Å²) in [5, 5.41) is 11.0. The summed E-state index contributed by atoms with van der Waals surface area (Å²) in [7, 11) is 0. The molecule has 11 heteroatoms. The van der Waals surface area contributed by atoms with Gasteiger partial charge in [0, 0.05) is 5.38 Å². The Kier molecular flexibility index (Phi) is 3.70. The Bertz CT molecular complexity index is 514. The Hall–Kier alpha value is -2.37. The zero-order chi connectivity index (χ0) is 14.0. The lowest BCUT2D eigenvalue weighted by molar-refractivity contribution is 0.0703. The van der Waals surface area contributed by atoms with E-state index >= 15 is 0 Å². The van der Waals surface area contributed by atoms with Gasteiger partial charge in [-0.2, -0.15) is 0 Å². The van der Waals surface area contributed by atoms with E-state index in [4.69, 9.17) is 28.3 Å². The fraction of sp³-hybridized carbons (Fsp3) is 0. The predicted molar refractivity (Wildman–Crippen MR) is 63.8 cm³/mol. The highest BCUT2D eigenvalue weighted by Crippen LogP contribution is 2.36. The molecule has 1 aromatic heterocycles. The van der Waals surface area contributed by atoms with Crippen molar-refractivity contribution in [2.75, 3.05) is 10.0 Å². The molecule has 10 nitrogen and oxygen atoms in total. The molecule has 1 heterocycles. The summed E-state index contributed by atoms with van der Waals surface area (Å²) < 4.78 is 0. The van der Waals surface area contributed by atoms with Crippen LogP contribution in [-0.4, -0.2) is 23.1 Å². The van der Waals surface area contributed by atoms with Gasteiger partial charge in [-0.25, -0.2) is 36.1 Å². The number of carboxylic acids is 1. The molecule has 1 rings (SSSR count). The van der Waals surface area contributed by atoms with Gasteiger partial charge in [0.05, 0.1) is 5.69 Å². The minimum atomic E-state index is -1.35. The van der Waals surface area contributed by atoms with E-state index in [1.165, 1.54) is 5.38 Å². The average Bonchev–Trinajstić information content (AvgIpc) is 2.70. The van der Waals surface area contributed by atoms with E-state index in [-0.39, 0.29) is 16.3 Å². The number of urea groups is 2.